The van der Waals surface area contributed by atoms with Gasteiger partial charge >= 0.3 is 12.2 Å². The lowest BCUT2D eigenvalue weighted by Crippen LogP contribution is -2.54. The van der Waals surface area contributed by atoms with Crippen LogP contribution in [0.25, 0.3) is 6.08 Å². The van der Waals surface area contributed by atoms with Crippen LogP contribution in [-0.2, 0) is 22.4 Å². The minimum Gasteiger partial charge on any atom is -0.489 e. The molecule has 3 aromatic carbocycles. The van der Waals surface area contributed by atoms with Crippen LogP contribution < -0.4 is 15.0 Å². The van der Waals surface area contributed by atoms with Crippen molar-refractivity contribution in [1.82, 2.24) is 5.32 Å². The number of barbiturate groups is 1. The quantitative estimate of drug-likeness (QED) is 0.282. The van der Waals surface area contributed by atoms with Crippen LogP contribution in [0, 0.1) is 0 Å². The maximum absolute atomic E-state index is 13.2. The Morgan fingerprint density at radius 2 is 1.72 bits per heavy atom. The number of carbonyl (C=O) groups is 3. The van der Waals surface area contributed by atoms with Gasteiger partial charge in [0, 0.05) is 4.47 Å². The normalized spacial score (nSPS) is 15.3. The molecule has 0 aliphatic carbocycles. The summed E-state index contributed by atoms with van der Waals surface area (Å²) in [5.74, 6) is -1.67. The molecule has 1 aliphatic rings. The highest BCUT2D eigenvalue weighted by Crippen LogP contribution is 2.36. The average Bonchev–Trinajstić information content (AvgIpc) is 2.82. The Bertz CT molecular complexity index is 1390. The number of amides is 4. The molecule has 0 atom stereocenters. The summed E-state index contributed by atoms with van der Waals surface area (Å²) in [5.41, 5.74) is -0.769. The summed E-state index contributed by atoms with van der Waals surface area (Å²) in [6.07, 6.45) is -3.52. The fraction of sp³-hybridized carbons (Fsp3) is 0.0800. The van der Waals surface area contributed by atoms with Crippen molar-refractivity contribution in [2.75, 3.05) is 4.90 Å². The highest BCUT2D eigenvalue weighted by Gasteiger charge is 2.39. The van der Waals surface area contributed by atoms with Crippen molar-refractivity contribution in [1.29, 1.82) is 0 Å². The van der Waals surface area contributed by atoms with E-state index in [0.29, 0.717) is 22.3 Å². The van der Waals surface area contributed by atoms with Gasteiger partial charge in [-0.2, -0.15) is 13.2 Å². The summed E-state index contributed by atoms with van der Waals surface area (Å²) in [6, 6.07) is 15.0. The second kappa shape index (κ2) is 10.2. The highest BCUT2D eigenvalue weighted by atomic mass is 79.9. The lowest BCUT2D eigenvalue weighted by Gasteiger charge is -2.27. The van der Waals surface area contributed by atoms with Crippen LogP contribution in [0.4, 0.5) is 23.7 Å². The smallest absolute Gasteiger partial charge is 0.416 e. The predicted molar refractivity (Wildman–Crippen MR) is 130 cm³/mol. The Labute approximate surface area is 216 Å². The van der Waals surface area contributed by atoms with E-state index in [1.165, 1.54) is 6.08 Å². The van der Waals surface area contributed by atoms with E-state index in [9.17, 15) is 27.6 Å². The number of urea groups is 1. The molecule has 0 radical (unpaired) electrons. The molecule has 11 heteroatoms. The SMILES string of the molecule is O=C1NC(=O)N(c2cc(C(F)(F)F)ccc2Cl)C(=O)/C1=C/c1cccc(OCc2ccc(Br)cc2)c1. The molecule has 1 N–H and O–H groups in total. The zero-order chi connectivity index (χ0) is 26.0. The first-order valence-electron chi connectivity index (χ1n) is 10.3. The molecule has 4 rings (SSSR count). The minimum atomic E-state index is -4.74. The molecule has 0 saturated carbocycles. The summed E-state index contributed by atoms with van der Waals surface area (Å²) in [5, 5.41) is 1.69. The summed E-state index contributed by atoms with van der Waals surface area (Å²) in [6.45, 7) is 0.267. The number of imide groups is 2. The number of hydrogen-bond acceptors (Lipinski definition) is 4. The summed E-state index contributed by atoms with van der Waals surface area (Å²) < 4.78 is 46.3. The standard InChI is InChI=1S/C25H15BrClF3N2O4/c26-17-7-4-14(5-8-17)13-36-18-3-1-2-15(10-18)11-19-22(33)31-24(35)32(23(19)34)21-12-16(25(28,29)30)6-9-20(21)27/h1-12H,13H2,(H,31,33,35)/b19-11+. The van der Waals surface area contributed by atoms with Gasteiger partial charge in [-0.15, -0.1) is 0 Å². The number of ether oxygens (including phenoxy) is 1. The van der Waals surface area contributed by atoms with E-state index in [2.05, 4.69) is 15.9 Å². The lowest BCUT2D eigenvalue weighted by molar-refractivity contribution is -0.137. The second-order valence-corrected chi connectivity index (χ2v) is 8.93. The molecule has 0 aromatic heterocycles. The van der Waals surface area contributed by atoms with Crippen molar-refractivity contribution >= 4 is 57.1 Å². The van der Waals surface area contributed by atoms with Crippen LogP contribution in [0.15, 0.2) is 76.8 Å². The van der Waals surface area contributed by atoms with E-state index < -0.39 is 40.8 Å². The van der Waals surface area contributed by atoms with Crippen molar-refractivity contribution in [3.63, 3.8) is 0 Å². The third kappa shape index (κ3) is 5.60. The van der Waals surface area contributed by atoms with Gasteiger partial charge in [0.2, 0.25) is 0 Å². The maximum atomic E-state index is 13.2. The van der Waals surface area contributed by atoms with E-state index in [1.807, 2.05) is 29.6 Å². The Morgan fingerprint density at radius 1 is 1.00 bits per heavy atom. The van der Waals surface area contributed by atoms with Crippen molar-refractivity contribution in [2.45, 2.75) is 12.8 Å². The number of nitrogens with one attached hydrogen (secondary N) is 1. The van der Waals surface area contributed by atoms with Crippen LogP contribution in [0.5, 0.6) is 5.75 Å². The van der Waals surface area contributed by atoms with Crippen LogP contribution in [0.3, 0.4) is 0 Å². The third-order valence-corrected chi connectivity index (χ3v) is 5.95. The molecular formula is C25H15BrClF3N2O4. The molecule has 4 amide bonds. The molecule has 1 saturated heterocycles. The first-order valence-corrected chi connectivity index (χ1v) is 11.5. The first-order chi connectivity index (χ1) is 17.0. The fourth-order valence-electron chi connectivity index (χ4n) is 3.34. The molecule has 0 spiro atoms. The Kier molecular flexibility index (Phi) is 7.18. The van der Waals surface area contributed by atoms with Crippen molar-refractivity contribution in [3.05, 3.63) is 98.5 Å². The zero-order valence-corrected chi connectivity index (χ0v) is 20.4. The number of benzene rings is 3. The van der Waals surface area contributed by atoms with Gasteiger partial charge in [0.05, 0.1) is 16.3 Å². The largest absolute Gasteiger partial charge is 0.489 e. The highest BCUT2D eigenvalue weighted by molar-refractivity contribution is 9.10. The number of hydrogen-bond donors (Lipinski definition) is 1. The molecule has 1 aliphatic heterocycles. The number of rotatable bonds is 5. The molecule has 0 bridgehead atoms. The van der Waals surface area contributed by atoms with E-state index >= 15 is 0 Å². The third-order valence-electron chi connectivity index (χ3n) is 5.10. The van der Waals surface area contributed by atoms with Crippen LogP contribution in [0.1, 0.15) is 16.7 Å². The molecule has 3 aromatic rings. The molecule has 1 fully saturated rings. The van der Waals surface area contributed by atoms with Crippen molar-refractivity contribution in [3.8, 4) is 5.75 Å². The fourth-order valence-corrected chi connectivity index (χ4v) is 3.81. The van der Waals surface area contributed by atoms with Gasteiger partial charge in [0.15, 0.2) is 0 Å². The first kappa shape index (κ1) is 25.5. The van der Waals surface area contributed by atoms with Crippen LogP contribution in [0.2, 0.25) is 5.02 Å². The Balaban J connectivity index is 1.62. The van der Waals surface area contributed by atoms with E-state index in [0.717, 1.165) is 22.2 Å². The van der Waals surface area contributed by atoms with Crippen molar-refractivity contribution in [2.24, 2.45) is 0 Å². The minimum absolute atomic E-state index is 0.267. The van der Waals surface area contributed by atoms with E-state index in [4.69, 9.17) is 16.3 Å². The number of halogens is 5. The van der Waals surface area contributed by atoms with Gasteiger partial charge < -0.3 is 4.74 Å². The summed E-state index contributed by atoms with van der Waals surface area (Å²) in [4.78, 5) is 38.3. The van der Waals surface area contributed by atoms with Gasteiger partial charge in [-0.1, -0.05) is 51.8 Å². The average molecular weight is 580 g/mol. The molecule has 6 nitrogen and oxygen atoms in total. The lowest BCUT2D eigenvalue weighted by atomic mass is 10.1. The number of anilines is 1. The number of nitrogens with zero attached hydrogens (tertiary/aromatic N) is 1. The van der Waals surface area contributed by atoms with Gasteiger partial charge in [0.1, 0.15) is 17.9 Å². The molecular weight excluding hydrogens is 565 g/mol. The molecule has 1 heterocycles. The van der Waals surface area contributed by atoms with E-state index in [1.54, 1.807) is 24.3 Å². The molecule has 36 heavy (non-hydrogen) atoms. The Morgan fingerprint density at radius 3 is 2.42 bits per heavy atom. The van der Waals surface area contributed by atoms with E-state index in [-0.39, 0.29) is 11.6 Å². The predicted octanol–water partition coefficient (Wildman–Crippen LogP) is 6.37. The van der Waals surface area contributed by atoms with Gasteiger partial charge in [-0.25, -0.2) is 9.69 Å². The van der Waals surface area contributed by atoms with Crippen molar-refractivity contribution < 1.29 is 32.3 Å². The topological polar surface area (TPSA) is 75.7 Å². The van der Waals surface area contributed by atoms with Crippen LogP contribution in [-0.4, -0.2) is 17.8 Å². The van der Waals surface area contributed by atoms with Crippen LogP contribution >= 0.6 is 27.5 Å². The zero-order valence-electron chi connectivity index (χ0n) is 18.1. The monoisotopic (exact) mass is 578 g/mol. The molecule has 184 valence electrons. The number of alkyl halides is 3. The van der Waals surface area contributed by atoms with Gasteiger partial charge in [-0.05, 0) is 59.7 Å². The molecule has 0 unspecified atom stereocenters. The van der Waals surface area contributed by atoms with Gasteiger partial charge in [-0.3, -0.25) is 14.9 Å². The summed E-state index contributed by atoms with van der Waals surface area (Å²) in [7, 11) is 0. The maximum Gasteiger partial charge on any atom is 0.416 e. The Hall–Kier alpha value is -3.63. The number of carbonyl (C=O) groups excluding carboxylic acids is 3. The summed E-state index contributed by atoms with van der Waals surface area (Å²) >= 11 is 9.36. The van der Waals surface area contributed by atoms with Gasteiger partial charge in [0.25, 0.3) is 11.8 Å². The second-order valence-electron chi connectivity index (χ2n) is 7.61.